The lowest BCUT2D eigenvalue weighted by atomic mass is 10.2. The molecule has 0 bridgehead atoms. The fourth-order valence-electron chi connectivity index (χ4n) is 2.54. The van der Waals surface area contributed by atoms with Gasteiger partial charge in [0.2, 0.25) is 11.9 Å². The molecule has 0 fully saturated rings. The number of amides is 2. The van der Waals surface area contributed by atoms with Gasteiger partial charge in [-0.3, -0.25) is 15.1 Å². The Hall–Kier alpha value is -3.10. The molecule has 3 rings (SSSR count). The molecule has 3 N–H and O–H groups in total. The van der Waals surface area contributed by atoms with Crippen LogP contribution < -0.4 is 10.7 Å². The van der Waals surface area contributed by atoms with Gasteiger partial charge in [0.05, 0.1) is 17.6 Å². The highest BCUT2D eigenvalue weighted by atomic mass is 35.5. The molecular formula is C19H20ClN5O3. The van der Waals surface area contributed by atoms with Gasteiger partial charge < -0.3 is 9.72 Å². The zero-order chi connectivity index (χ0) is 19.9. The number of carbonyl (C=O) groups is 2. The van der Waals surface area contributed by atoms with E-state index in [1.165, 1.54) is 11.9 Å². The molecule has 0 aliphatic rings. The highest BCUT2D eigenvalue weighted by Crippen LogP contribution is 2.15. The molecule has 3 aromatic rings. The average molecular weight is 402 g/mol. The molecule has 146 valence electrons. The zero-order valence-electron chi connectivity index (χ0n) is 15.2. The maximum absolute atomic E-state index is 11.9. The van der Waals surface area contributed by atoms with Crippen LogP contribution in [0.2, 0.25) is 5.02 Å². The number of anilines is 1. The van der Waals surface area contributed by atoms with Gasteiger partial charge in [0, 0.05) is 18.5 Å². The van der Waals surface area contributed by atoms with Crippen molar-refractivity contribution in [1.29, 1.82) is 0 Å². The molecule has 0 atom stereocenters. The van der Waals surface area contributed by atoms with Crippen molar-refractivity contribution in [3.05, 3.63) is 59.1 Å². The molecule has 2 aromatic carbocycles. The second-order valence-electron chi connectivity index (χ2n) is 5.96. The molecule has 28 heavy (non-hydrogen) atoms. The molecule has 2 amide bonds. The Balaban J connectivity index is 1.46. The van der Waals surface area contributed by atoms with E-state index in [0.717, 1.165) is 16.6 Å². The number of hydrogen-bond acceptors (Lipinski definition) is 5. The monoisotopic (exact) mass is 401 g/mol. The van der Waals surface area contributed by atoms with Crippen molar-refractivity contribution in [2.45, 2.75) is 13.5 Å². The van der Waals surface area contributed by atoms with Crippen molar-refractivity contribution in [1.82, 2.24) is 20.4 Å². The van der Waals surface area contributed by atoms with E-state index in [1.807, 2.05) is 42.5 Å². The van der Waals surface area contributed by atoms with Crippen molar-refractivity contribution in [2.24, 2.45) is 0 Å². The van der Waals surface area contributed by atoms with E-state index in [2.05, 4.69) is 20.7 Å². The number of nitrogens with zero attached hydrogens (tertiary/aromatic N) is 2. The van der Waals surface area contributed by atoms with Gasteiger partial charge in [-0.1, -0.05) is 41.9 Å². The summed E-state index contributed by atoms with van der Waals surface area (Å²) in [7, 11) is 0. The number of imidazole rings is 1. The first-order valence-electron chi connectivity index (χ1n) is 8.66. The summed E-state index contributed by atoms with van der Waals surface area (Å²) in [5.74, 6) is 0.0971. The number of H-pyrrole nitrogens is 1. The summed E-state index contributed by atoms with van der Waals surface area (Å²) in [6, 6.07) is 14.8. The summed E-state index contributed by atoms with van der Waals surface area (Å²) >= 11 is 6.11. The third-order valence-electron chi connectivity index (χ3n) is 3.96. The Labute approximate surface area is 166 Å². The number of hydrazine groups is 1. The van der Waals surface area contributed by atoms with Gasteiger partial charge >= 0.3 is 6.09 Å². The minimum atomic E-state index is -0.659. The number of fused-ring (bicyclic) bond motifs is 1. The maximum atomic E-state index is 11.9. The molecule has 0 spiro atoms. The lowest BCUT2D eigenvalue weighted by Crippen LogP contribution is -2.43. The quantitative estimate of drug-likeness (QED) is 0.527. The zero-order valence-corrected chi connectivity index (χ0v) is 16.0. The van der Waals surface area contributed by atoms with E-state index in [4.69, 9.17) is 16.3 Å². The molecule has 0 radical (unpaired) electrons. The predicted octanol–water partition coefficient (Wildman–Crippen LogP) is 3.32. The van der Waals surface area contributed by atoms with Gasteiger partial charge in [0.1, 0.15) is 6.61 Å². The highest BCUT2D eigenvalue weighted by molar-refractivity contribution is 6.31. The smallest absolute Gasteiger partial charge is 0.414 e. The lowest BCUT2D eigenvalue weighted by molar-refractivity contribution is -0.132. The van der Waals surface area contributed by atoms with Crippen LogP contribution in [0.5, 0.6) is 0 Å². The van der Waals surface area contributed by atoms with Gasteiger partial charge in [-0.05, 0) is 23.8 Å². The van der Waals surface area contributed by atoms with E-state index >= 15 is 0 Å². The van der Waals surface area contributed by atoms with Crippen LogP contribution in [0.15, 0.2) is 48.5 Å². The number of benzene rings is 2. The molecule has 1 aromatic heterocycles. The first kappa shape index (κ1) is 19.7. The van der Waals surface area contributed by atoms with Crippen molar-refractivity contribution in [2.75, 3.05) is 18.5 Å². The first-order valence-corrected chi connectivity index (χ1v) is 9.04. The predicted molar refractivity (Wildman–Crippen MR) is 107 cm³/mol. The molecule has 8 nitrogen and oxygen atoms in total. The molecule has 1 heterocycles. The second-order valence-corrected chi connectivity index (χ2v) is 6.37. The van der Waals surface area contributed by atoms with E-state index in [0.29, 0.717) is 17.5 Å². The van der Waals surface area contributed by atoms with E-state index in [1.54, 1.807) is 6.07 Å². The molecule has 0 saturated heterocycles. The van der Waals surface area contributed by atoms with Crippen LogP contribution in [-0.2, 0) is 16.1 Å². The van der Waals surface area contributed by atoms with Crippen molar-refractivity contribution >= 4 is 40.6 Å². The van der Waals surface area contributed by atoms with Crippen molar-refractivity contribution in [3.63, 3.8) is 0 Å². The number of aromatic amines is 1. The Morgan fingerprint density at radius 3 is 2.68 bits per heavy atom. The molecule has 0 aliphatic carbocycles. The number of carbonyl (C=O) groups excluding carboxylic acids is 2. The summed E-state index contributed by atoms with van der Waals surface area (Å²) in [6.07, 6.45) is -0.659. The SMILES string of the molecule is CC(=O)N(CCOC(=O)Nc1nc2ccccc2[nH]1)NCc1ccccc1Cl. The number of hydrogen-bond donors (Lipinski definition) is 3. The summed E-state index contributed by atoms with van der Waals surface area (Å²) < 4.78 is 5.13. The molecule has 0 saturated carbocycles. The number of para-hydroxylation sites is 2. The Bertz CT molecular complexity index is 942. The van der Waals surface area contributed by atoms with Crippen LogP contribution in [0, 0.1) is 0 Å². The first-order chi connectivity index (χ1) is 13.5. The third-order valence-corrected chi connectivity index (χ3v) is 4.32. The minimum Gasteiger partial charge on any atom is -0.447 e. The number of rotatable bonds is 7. The van der Waals surface area contributed by atoms with Gasteiger partial charge in [-0.2, -0.15) is 0 Å². The highest BCUT2D eigenvalue weighted by Gasteiger charge is 2.12. The van der Waals surface area contributed by atoms with E-state index < -0.39 is 6.09 Å². The standard InChI is InChI=1S/C19H20ClN5O3/c1-13(26)25(21-12-14-6-2-3-7-15(14)20)10-11-28-19(27)24-18-22-16-8-4-5-9-17(16)23-18/h2-9,21H,10-12H2,1H3,(H2,22,23,24,27). The Morgan fingerprint density at radius 2 is 1.93 bits per heavy atom. The van der Waals surface area contributed by atoms with Crippen LogP contribution >= 0.6 is 11.6 Å². The summed E-state index contributed by atoms with van der Waals surface area (Å²) in [5.41, 5.74) is 5.40. The van der Waals surface area contributed by atoms with E-state index in [-0.39, 0.29) is 19.1 Å². The fourth-order valence-corrected chi connectivity index (χ4v) is 2.75. The Morgan fingerprint density at radius 1 is 1.18 bits per heavy atom. The summed E-state index contributed by atoms with van der Waals surface area (Å²) in [4.78, 5) is 30.9. The Kier molecular flexibility index (Phi) is 6.46. The van der Waals surface area contributed by atoms with Gasteiger partial charge in [0.25, 0.3) is 0 Å². The van der Waals surface area contributed by atoms with Crippen molar-refractivity contribution < 1.29 is 14.3 Å². The van der Waals surface area contributed by atoms with E-state index in [9.17, 15) is 9.59 Å². The average Bonchev–Trinajstić information content (AvgIpc) is 3.07. The summed E-state index contributed by atoms with van der Waals surface area (Å²) in [6.45, 7) is 2.01. The normalized spacial score (nSPS) is 10.6. The van der Waals surface area contributed by atoms with Crippen LogP contribution in [0.25, 0.3) is 11.0 Å². The van der Waals surface area contributed by atoms with Gasteiger partial charge in [0.15, 0.2) is 0 Å². The number of ether oxygens (including phenoxy) is 1. The molecule has 0 unspecified atom stereocenters. The molecule has 9 heteroatoms. The minimum absolute atomic E-state index is 0.0150. The second kappa shape index (κ2) is 9.20. The van der Waals surface area contributed by atoms with Crippen LogP contribution in [0.4, 0.5) is 10.7 Å². The van der Waals surface area contributed by atoms with Crippen LogP contribution in [0.1, 0.15) is 12.5 Å². The topological polar surface area (TPSA) is 99.3 Å². The van der Waals surface area contributed by atoms with Gasteiger partial charge in [-0.25, -0.2) is 15.2 Å². The number of nitrogens with one attached hydrogen (secondary N) is 3. The number of halogens is 1. The number of aromatic nitrogens is 2. The van der Waals surface area contributed by atoms with Crippen molar-refractivity contribution in [3.8, 4) is 0 Å². The lowest BCUT2D eigenvalue weighted by Gasteiger charge is -2.22. The van der Waals surface area contributed by atoms with Gasteiger partial charge in [-0.15, -0.1) is 0 Å². The van der Waals surface area contributed by atoms with Crippen LogP contribution in [0.3, 0.4) is 0 Å². The third kappa shape index (κ3) is 5.21. The largest absolute Gasteiger partial charge is 0.447 e. The fraction of sp³-hybridized carbons (Fsp3) is 0.211. The maximum Gasteiger partial charge on any atom is 0.414 e. The summed E-state index contributed by atoms with van der Waals surface area (Å²) in [5, 5.41) is 4.51. The molecular weight excluding hydrogens is 382 g/mol. The van der Waals surface area contributed by atoms with Crippen LogP contribution in [-0.4, -0.2) is 40.1 Å². The molecule has 0 aliphatic heterocycles.